The zero-order chi connectivity index (χ0) is 17.3. The minimum Gasteiger partial charge on any atom is -0.476 e. The number of carbonyl (C=O) groups excluding carboxylic acids is 1. The van der Waals surface area contributed by atoms with Gasteiger partial charge in [0.1, 0.15) is 6.54 Å². The fourth-order valence-electron chi connectivity index (χ4n) is 3.22. The first-order valence-electron chi connectivity index (χ1n) is 7.89. The van der Waals surface area contributed by atoms with Crippen molar-refractivity contribution < 1.29 is 14.7 Å². The second-order valence-electron chi connectivity index (χ2n) is 6.74. The van der Waals surface area contributed by atoms with Crippen molar-refractivity contribution in [2.45, 2.75) is 44.7 Å². The van der Waals surface area contributed by atoms with E-state index >= 15 is 0 Å². The van der Waals surface area contributed by atoms with Gasteiger partial charge in [-0.3, -0.25) is 4.79 Å². The predicted molar refractivity (Wildman–Crippen MR) is 86.6 cm³/mol. The average molecular weight is 328 g/mol. The Hall–Kier alpha value is -2.70. The molecule has 2 N–H and O–H groups in total. The second-order valence-corrected chi connectivity index (χ2v) is 6.74. The number of carboxylic acids is 1. The molecule has 1 unspecified atom stereocenters. The van der Waals surface area contributed by atoms with E-state index in [1.54, 1.807) is 0 Å². The summed E-state index contributed by atoms with van der Waals surface area (Å²) in [7, 11) is 0. The first-order chi connectivity index (χ1) is 11.4. The molecule has 0 fully saturated rings. The normalized spacial score (nSPS) is 18.7. The van der Waals surface area contributed by atoms with Crippen LogP contribution < -0.4 is 5.32 Å². The van der Waals surface area contributed by atoms with Gasteiger partial charge in [0.25, 0.3) is 0 Å². The molecule has 1 amide bonds. The Bertz CT molecular complexity index is 782. The third-order valence-electron chi connectivity index (χ3n) is 4.52. The molecule has 0 bridgehead atoms. The molecule has 1 aromatic heterocycles. The number of carboxylic acid groups (broad SMARTS) is 1. The SMILES string of the molecule is CC1(C)CCC(NC(=O)Cn2cc(C(=O)O)nn2)c2ccccc21. The van der Waals surface area contributed by atoms with Crippen LogP contribution in [0.2, 0.25) is 0 Å². The minimum atomic E-state index is -1.16. The number of carbonyl (C=O) groups is 2. The van der Waals surface area contributed by atoms with Crippen LogP contribution in [0.15, 0.2) is 30.5 Å². The summed E-state index contributed by atoms with van der Waals surface area (Å²) in [6.07, 6.45) is 3.11. The third-order valence-corrected chi connectivity index (χ3v) is 4.52. The summed E-state index contributed by atoms with van der Waals surface area (Å²) in [6, 6.07) is 8.14. The van der Waals surface area contributed by atoms with Gasteiger partial charge in [-0.1, -0.05) is 43.3 Å². The van der Waals surface area contributed by atoms with E-state index in [9.17, 15) is 9.59 Å². The number of hydrogen-bond acceptors (Lipinski definition) is 4. The fraction of sp³-hybridized carbons (Fsp3) is 0.412. The highest BCUT2D eigenvalue weighted by Crippen LogP contribution is 2.41. The van der Waals surface area contributed by atoms with E-state index in [4.69, 9.17) is 5.11 Å². The van der Waals surface area contributed by atoms with Crippen LogP contribution in [0.1, 0.15) is 54.3 Å². The Kier molecular flexibility index (Phi) is 4.09. The highest BCUT2D eigenvalue weighted by atomic mass is 16.4. The molecule has 0 radical (unpaired) electrons. The van der Waals surface area contributed by atoms with E-state index in [-0.39, 0.29) is 29.6 Å². The highest BCUT2D eigenvalue weighted by molar-refractivity contribution is 5.84. The summed E-state index contributed by atoms with van der Waals surface area (Å²) in [5.74, 6) is -1.37. The molecule has 24 heavy (non-hydrogen) atoms. The summed E-state index contributed by atoms with van der Waals surface area (Å²) in [4.78, 5) is 23.1. The summed E-state index contributed by atoms with van der Waals surface area (Å²) in [5, 5.41) is 19.0. The summed E-state index contributed by atoms with van der Waals surface area (Å²) in [6.45, 7) is 4.38. The van der Waals surface area contributed by atoms with E-state index in [0.29, 0.717) is 0 Å². The molecule has 0 spiro atoms. The number of amides is 1. The number of hydrogen-bond donors (Lipinski definition) is 2. The molecule has 0 saturated heterocycles. The maximum atomic E-state index is 12.3. The van der Waals surface area contributed by atoms with Crippen LogP contribution in [0, 0.1) is 0 Å². The quantitative estimate of drug-likeness (QED) is 0.893. The Balaban J connectivity index is 1.71. The topological polar surface area (TPSA) is 97.1 Å². The smallest absolute Gasteiger partial charge is 0.358 e. The van der Waals surface area contributed by atoms with Crippen LogP contribution in [0.25, 0.3) is 0 Å². The van der Waals surface area contributed by atoms with Crippen LogP contribution >= 0.6 is 0 Å². The van der Waals surface area contributed by atoms with E-state index < -0.39 is 5.97 Å². The molecule has 1 heterocycles. The number of fused-ring (bicyclic) bond motifs is 1. The monoisotopic (exact) mass is 328 g/mol. The standard InChI is InChI=1S/C17H20N4O3/c1-17(2)8-7-13(11-5-3-4-6-12(11)17)18-15(22)10-21-9-14(16(23)24)19-20-21/h3-6,9,13H,7-8,10H2,1-2H3,(H,18,22)(H,23,24). The number of nitrogens with one attached hydrogen (secondary N) is 1. The van der Waals surface area contributed by atoms with Crippen LogP contribution in [0.5, 0.6) is 0 Å². The Morgan fingerprint density at radius 1 is 1.38 bits per heavy atom. The lowest BCUT2D eigenvalue weighted by molar-refractivity contribution is -0.122. The largest absolute Gasteiger partial charge is 0.476 e. The van der Waals surface area contributed by atoms with Gasteiger partial charge in [-0.15, -0.1) is 5.10 Å². The predicted octanol–water partition coefficient (Wildman–Crippen LogP) is 1.91. The van der Waals surface area contributed by atoms with Gasteiger partial charge in [0.2, 0.25) is 5.91 Å². The Morgan fingerprint density at radius 3 is 2.83 bits per heavy atom. The number of benzene rings is 1. The third kappa shape index (κ3) is 3.15. The first-order valence-corrected chi connectivity index (χ1v) is 7.89. The van der Waals surface area contributed by atoms with Crippen molar-refractivity contribution in [3.63, 3.8) is 0 Å². The lowest BCUT2D eigenvalue weighted by Gasteiger charge is -2.37. The maximum Gasteiger partial charge on any atom is 0.358 e. The van der Waals surface area contributed by atoms with E-state index in [0.717, 1.165) is 18.4 Å². The zero-order valence-corrected chi connectivity index (χ0v) is 13.7. The van der Waals surface area contributed by atoms with Crippen LogP contribution in [-0.2, 0) is 16.8 Å². The number of nitrogens with zero attached hydrogens (tertiary/aromatic N) is 3. The second kappa shape index (κ2) is 6.07. The molecule has 0 aliphatic heterocycles. The fourth-order valence-corrected chi connectivity index (χ4v) is 3.22. The molecule has 7 nitrogen and oxygen atoms in total. The molecule has 2 aromatic rings. The van der Waals surface area contributed by atoms with Crippen molar-refractivity contribution in [1.29, 1.82) is 0 Å². The zero-order valence-electron chi connectivity index (χ0n) is 13.7. The van der Waals surface area contributed by atoms with Crippen LogP contribution in [0.3, 0.4) is 0 Å². The van der Waals surface area contributed by atoms with E-state index in [2.05, 4.69) is 41.6 Å². The van der Waals surface area contributed by atoms with Gasteiger partial charge in [0.15, 0.2) is 5.69 Å². The van der Waals surface area contributed by atoms with Gasteiger partial charge in [-0.2, -0.15) is 0 Å². The molecule has 1 aromatic carbocycles. The molecule has 1 atom stereocenters. The molecule has 126 valence electrons. The van der Waals surface area contributed by atoms with Crippen molar-refractivity contribution in [3.8, 4) is 0 Å². The Morgan fingerprint density at radius 2 is 2.12 bits per heavy atom. The van der Waals surface area contributed by atoms with Crippen molar-refractivity contribution in [2.24, 2.45) is 0 Å². The number of aromatic carboxylic acids is 1. The molecule has 7 heteroatoms. The van der Waals surface area contributed by atoms with Gasteiger partial charge in [0.05, 0.1) is 12.2 Å². The molecule has 1 aliphatic rings. The average Bonchev–Trinajstić information content (AvgIpc) is 2.99. The summed E-state index contributed by atoms with van der Waals surface area (Å²) >= 11 is 0. The molecule has 3 rings (SSSR count). The molecular weight excluding hydrogens is 308 g/mol. The lowest BCUT2D eigenvalue weighted by atomic mass is 9.71. The van der Waals surface area contributed by atoms with Crippen molar-refractivity contribution >= 4 is 11.9 Å². The molecule has 0 saturated carbocycles. The first kappa shape index (κ1) is 16.2. The van der Waals surface area contributed by atoms with Gasteiger partial charge in [-0.05, 0) is 29.4 Å². The molecule has 1 aliphatic carbocycles. The Labute approximate surface area is 139 Å². The van der Waals surface area contributed by atoms with Crippen LogP contribution in [0.4, 0.5) is 0 Å². The van der Waals surface area contributed by atoms with Crippen molar-refractivity contribution in [3.05, 3.63) is 47.3 Å². The summed E-state index contributed by atoms with van der Waals surface area (Å²) < 4.78 is 1.23. The van der Waals surface area contributed by atoms with E-state index in [1.807, 2.05) is 12.1 Å². The van der Waals surface area contributed by atoms with Crippen LogP contribution in [-0.4, -0.2) is 32.0 Å². The van der Waals surface area contributed by atoms with E-state index in [1.165, 1.54) is 16.4 Å². The van der Waals surface area contributed by atoms with Crippen molar-refractivity contribution in [2.75, 3.05) is 0 Å². The summed E-state index contributed by atoms with van der Waals surface area (Å²) in [5.41, 5.74) is 2.33. The van der Waals surface area contributed by atoms with Gasteiger partial charge >= 0.3 is 5.97 Å². The van der Waals surface area contributed by atoms with Gasteiger partial charge in [0, 0.05) is 0 Å². The maximum absolute atomic E-state index is 12.3. The minimum absolute atomic E-state index is 0.0378. The number of rotatable bonds is 4. The lowest BCUT2D eigenvalue weighted by Crippen LogP contribution is -2.37. The van der Waals surface area contributed by atoms with Gasteiger partial charge in [-0.25, -0.2) is 9.48 Å². The van der Waals surface area contributed by atoms with Gasteiger partial charge < -0.3 is 10.4 Å². The number of aromatic nitrogens is 3. The highest BCUT2D eigenvalue weighted by Gasteiger charge is 2.32. The molecular formula is C17H20N4O3. The van der Waals surface area contributed by atoms with Crippen molar-refractivity contribution in [1.82, 2.24) is 20.3 Å².